The smallest absolute Gasteiger partial charge is 0.152 e. The standard InChI is InChI=1S/C12H21N3O/c1-4-6-13-9-12(16)8-11-7-10(5-2)14-15(11)3/h7,13H,4-6,8-9H2,1-3H3. The van der Waals surface area contributed by atoms with Gasteiger partial charge in [-0.2, -0.15) is 5.10 Å². The number of rotatable bonds is 7. The van der Waals surface area contributed by atoms with Gasteiger partial charge in [-0.3, -0.25) is 9.48 Å². The van der Waals surface area contributed by atoms with Crippen LogP contribution in [-0.4, -0.2) is 28.7 Å². The Kier molecular flexibility index (Phi) is 5.19. The highest BCUT2D eigenvalue weighted by Gasteiger charge is 2.08. The molecule has 16 heavy (non-hydrogen) atoms. The number of aryl methyl sites for hydroxylation is 2. The Morgan fingerprint density at radius 2 is 2.25 bits per heavy atom. The van der Waals surface area contributed by atoms with Crippen LogP contribution in [-0.2, 0) is 24.7 Å². The summed E-state index contributed by atoms with van der Waals surface area (Å²) in [6, 6.07) is 2.01. The molecule has 4 heteroatoms. The van der Waals surface area contributed by atoms with Gasteiger partial charge >= 0.3 is 0 Å². The summed E-state index contributed by atoms with van der Waals surface area (Å²) in [4.78, 5) is 11.6. The molecule has 1 rings (SSSR count). The summed E-state index contributed by atoms with van der Waals surface area (Å²) in [5, 5.41) is 7.44. The first-order chi connectivity index (χ1) is 7.67. The fourth-order valence-electron chi connectivity index (χ4n) is 1.58. The van der Waals surface area contributed by atoms with Crippen LogP contribution in [0.1, 0.15) is 31.7 Å². The van der Waals surface area contributed by atoms with E-state index in [1.165, 1.54) is 0 Å². The second-order valence-corrected chi connectivity index (χ2v) is 4.00. The first-order valence-electron chi connectivity index (χ1n) is 5.91. The minimum absolute atomic E-state index is 0.221. The molecule has 0 radical (unpaired) electrons. The third kappa shape index (κ3) is 3.77. The van der Waals surface area contributed by atoms with E-state index in [1.807, 2.05) is 13.1 Å². The predicted molar refractivity (Wildman–Crippen MR) is 64.5 cm³/mol. The molecule has 0 amide bonds. The third-order valence-electron chi connectivity index (χ3n) is 2.52. The molecule has 0 bridgehead atoms. The van der Waals surface area contributed by atoms with Gasteiger partial charge in [-0.25, -0.2) is 0 Å². The van der Waals surface area contributed by atoms with Gasteiger partial charge in [0.15, 0.2) is 5.78 Å². The first kappa shape index (κ1) is 12.9. The second-order valence-electron chi connectivity index (χ2n) is 4.00. The van der Waals surface area contributed by atoms with Crippen LogP contribution in [0.5, 0.6) is 0 Å². The van der Waals surface area contributed by atoms with E-state index in [0.29, 0.717) is 13.0 Å². The number of carbonyl (C=O) groups excluding carboxylic acids is 1. The lowest BCUT2D eigenvalue weighted by molar-refractivity contribution is -0.117. The van der Waals surface area contributed by atoms with Crippen LogP contribution in [0, 0.1) is 0 Å². The Balaban J connectivity index is 2.45. The molecule has 0 spiro atoms. The number of Topliss-reactive ketones (excluding diaryl/α,β-unsaturated/α-hetero) is 1. The maximum atomic E-state index is 11.6. The second kappa shape index (κ2) is 6.43. The van der Waals surface area contributed by atoms with Crippen molar-refractivity contribution in [3.05, 3.63) is 17.5 Å². The van der Waals surface area contributed by atoms with Crippen LogP contribution in [0.15, 0.2) is 6.07 Å². The van der Waals surface area contributed by atoms with Crippen LogP contribution >= 0.6 is 0 Å². The molecule has 0 atom stereocenters. The summed E-state index contributed by atoms with van der Waals surface area (Å²) in [5.74, 6) is 0.221. The van der Waals surface area contributed by atoms with Crippen LogP contribution in [0.25, 0.3) is 0 Å². The van der Waals surface area contributed by atoms with Gasteiger partial charge in [0, 0.05) is 19.2 Å². The monoisotopic (exact) mass is 223 g/mol. The van der Waals surface area contributed by atoms with Gasteiger partial charge in [0.05, 0.1) is 12.2 Å². The van der Waals surface area contributed by atoms with E-state index in [2.05, 4.69) is 24.3 Å². The van der Waals surface area contributed by atoms with Crippen molar-refractivity contribution in [2.24, 2.45) is 7.05 Å². The Labute approximate surface area is 97.0 Å². The normalized spacial score (nSPS) is 10.7. The average molecular weight is 223 g/mol. The highest BCUT2D eigenvalue weighted by Crippen LogP contribution is 2.04. The van der Waals surface area contributed by atoms with E-state index >= 15 is 0 Å². The lowest BCUT2D eigenvalue weighted by atomic mass is 10.2. The molecule has 90 valence electrons. The van der Waals surface area contributed by atoms with E-state index in [-0.39, 0.29) is 5.78 Å². The lowest BCUT2D eigenvalue weighted by Gasteiger charge is -2.02. The molecule has 1 heterocycles. The fourth-order valence-corrected chi connectivity index (χ4v) is 1.58. The van der Waals surface area contributed by atoms with E-state index in [4.69, 9.17) is 0 Å². The van der Waals surface area contributed by atoms with Gasteiger partial charge in [0.25, 0.3) is 0 Å². The molecule has 1 aromatic heterocycles. The molecular weight excluding hydrogens is 202 g/mol. The maximum absolute atomic E-state index is 11.6. The molecular formula is C12H21N3O. The molecule has 0 fully saturated rings. The van der Waals surface area contributed by atoms with Gasteiger partial charge in [0.2, 0.25) is 0 Å². The molecule has 0 aliphatic carbocycles. The van der Waals surface area contributed by atoms with Gasteiger partial charge in [0.1, 0.15) is 0 Å². The molecule has 0 unspecified atom stereocenters. The summed E-state index contributed by atoms with van der Waals surface area (Å²) in [7, 11) is 1.89. The molecule has 4 nitrogen and oxygen atoms in total. The lowest BCUT2D eigenvalue weighted by Crippen LogP contribution is -2.25. The minimum Gasteiger partial charge on any atom is -0.310 e. The number of nitrogens with one attached hydrogen (secondary N) is 1. The third-order valence-corrected chi connectivity index (χ3v) is 2.52. The number of ketones is 1. The number of nitrogens with zero attached hydrogens (tertiary/aromatic N) is 2. The van der Waals surface area contributed by atoms with Crippen LogP contribution < -0.4 is 5.32 Å². The van der Waals surface area contributed by atoms with E-state index < -0.39 is 0 Å². The minimum atomic E-state index is 0.221. The quantitative estimate of drug-likeness (QED) is 0.704. The Hall–Kier alpha value is -1.16. The highest BCUT2D eigenvalue weighted by molar-refractivity contribution is 5.82. The van der Waals surface area contributed by atoms with Crippen molar-refractivity contribution in [2.75, 3.05) is 13.1 Å². The van der Waals surface area contributed by atoms with Crippen molar-refractivity contribution < 1.29 is 4.79 Å². The zero-order valence-electron chi connectivity index (χ0n) is 10.4. The van der Waals surface area contributed by atoms with Crippen LogP contribution in [0.2, 0.25) is 0 Å². The maximum Gasteiger partial charge on any atom is 0.152 e. The number of hydrogen-bond donors (Lipinski definition) is 1. The fraction of sp³-hybridized carbons (Fsp3) is 0.667. The number of aromatic nitrogens is 2. The zero-order valence-corrected chi connectivity index (χ0v) is 10.4. The molecule has 0 aromatic carbocycles. The van der Waals surface area contributed by atoms with Crippen molar-refractivity contribution in [1.29, 1.82) is 0 Å². The summed E-state index contributed by atoms with van der Waals surface area (Å²) in [5.41, 5.74) is 2.05. The molecule has 0 aliphatic heterocycles. The van der Waals surface area contributed by atoms with Crippen molar-refractivity contribution in [3.63, 3.8) is 0 Å². The van der Waals surface area contributed by atoms with E-state index in [9.17, 15) is 4.79 Å². The van der Waals surface area contributed by atoms with Crippen molar-refractivity contribution in [2.45, 2.75) is 33.1 Å². The molecule has 1 N–H and O–H groups in total. The Morgan fingerprint density at radius 3 is 2.81 bits per heavy atom. The zero-order chi connectivity index (χ0) is 12.0. The number of carbonyl (C=O) groups is 1. The molecule has 0 saturated carbocycles. The number of hydrogen-bond acceptors (Lipinski definition) is 3. The highest BCUT2D eigenvalue weighted by atomic mass is 16.1. The van der Waals surface area contributed by atoms with Gasteiger partial charge in [-0.05, 0) is 25.5 Å². The summed E-state index contributed by atoms with van der Waals surface area (Å²) >= 11 is 0. The topological polar surface area (TPSA) is 46.9 Å². The van der Waals surface area contributed by atoms with Gasteiger partial charge < -0.3 is 5.32 Å². The van der Waals surface area contributed by atoms with Crippen LogP contribution in [0.4, 0.5) is 0 Å². The van der Waals surface area contributed by atoms with Crippen molar-refractivity contribution in [3.8, 4) is 0 Å². The van der Waals surface area contributed by atoms with E-state index in [1.54, 1.807) is 4.68 Å². The SMILES string of the molecule is CCCNCC(=O)Cc1cc(CC)nn1C. The summed E-state index contributed by atoms with van der Waals surface area (Å²) < 4.78 is 1.80. The van der Waals surface area contributed by atoms with Crippen molar-refractivity contribution >= 4 is 5.78 Å². The Bertz CT molecular complexity index is 344. The van der Waals surface area contributed by atoms with Crippen LogP contribution in [0.3, 0.4) is 0 Å². The summed E-state index contributed by atoms with van der Waals surface area (Å²) in [6.07, 6.45) is 2.44. The van der Waals surface area contributed by atoms with Gasteiger partial charge in [-0.15, -0.1) is 0 Å². The van der Waals surface area contributed by atoms with E-state index in [0.717, 1.165) is 30.8 Å². The average Bonchev–Trinajstić information content (AvgIpc) is 2.60. The molecule has 0 saturated heterocycles. The van der Waals surface area contributed by atoms with Crippen molar-refractivity contribution in [1.82, 2.24) is 15.1 Å². The predicted octanol–water partition coefficient (Wildman–Crippen LogP) is 1.09. The molecule has 0 aliphatic rings. The largest absolute Gasteiger partial charge is 0.310 e. The summed E-state index contributed by atoms with van der Waals surface area (Å²) in [6.45, 7) is 5.51. The first-order valence-corrected chi connectivity index (χ1v) is 5.91. The molecule has 1 aromatic rings. The Morgan fingerprint density at radius 1 is 1.50 bits per heavy atom. The van der Waals surface area contributed by atoms with Gasteiger partial charge in [-0.1, -0.05) is 13.8 Å².